The van der Waals surface area contributed by atoms with Gasteiger partial charge in [0.2, 0.25) is 5.91 Å². The first-order valence-electron chi connectivity index (χ1n) is 11.4. The number of benzene rings is 2. The van der Waals surface area contributed by atoms with Crippen molar-refractivity contribution in [1.82, 2.24) is 29.9 Å². The van der Waals surface area contributed by atoms with Crippen LogP contribution in [0, 0.1) is 0 Å². The van der Waals surface area contributed by atoms with Crippen molar-refractivity contribution in [2.75, 3.05) is 31.1 Å². The number of piperazine rings is 1. The number of anilines is 1. The van der Waals surface area contributed by atoms with Crippen molar-refractivity contribution in [3.05, 3.63) is 78.1 Å². The molecule has 0 radical (unpaired) electrons. The summed E-state index contributed by atoms with van der Waals surface area (Å²) in [6.07, 6.45) is 2.36. The summed E-state index contributed by atoms with van der Waals surface area (Å²) in [7, 11) is 0. The van der Waals surface area contributed by atoms with Gasteiger partial charge in [0.1, 0.15) is 6.33 Å². The second-order valence-electron chi connectivity index (χ2n) is 8.29. The van der Waals surface area contributed by atoms with Crippen LogP contribution >= 0.6 is 0 Å². The molecule has 8 nitrogen and oxygen atoms in total. The summed E-state index contributed by atoms with van der Waals surface area (Å²) in [5, 5.41) is 8.72. The minimum atomic E-state index is -0.0959. The van der Waals surface area contributed by atoms with Crippen LogP contribution in [0.1, 0.15) is 30.4 Å². The van der Waals surface area contributed by atoms with E-state index in [9.17, 15) is 4.79 Å². The van der Waals surface area contributed by atoms with Crippen molar-refractivity contribution in [2.45, 2.75) is 25.8 Å². The Labute approximate surface area is 192 Å². The summed E-state index contributed by atoms with van der Waals surface area (Å²) in [5.41, 5.74) is 3.64. The van der Waals surface area contributed by atoms with Crippen molar-refractivity contribution in [3.63, 3.8) is 0 Å². The van der Waals surface area contributed by atoms with Crippen LogP contribution in [0.4, 0.5) is 5.82 Å². The fraction of sp³-hybridized carbons (Fsp3) is 0.320. The van der Waals surface area contributed by atoms with Crippen molar-refractivity contribution < 1.29 is 4.79 Å². The maximum Gasteiger partial charge on any atom is 0.230 e. The molecule has 168 valence electrons. The lowest BCUT2D eigenvalue weighted by Gasteiger charge is -2.37. The Hall–Kier alpha value is -3.81. The van der Waals surface area contributed by atoms with Crippen LogP contribution < -0.4 is 4.90 Å². The van der Waals surface area contributed by atoms with Gasteiger partial charge in [0, 0.05) is 26.2 Å². The van der Waals surface area contributed by atoms with Gasteiger partial charge in [-0.05, 0) is 17.5 Å². The van der Waals surface area contributed by atoms with E-state index in [4.69, 9.17) is 0 Å². The molecule has 0 bridgehead atoms. The zero-order chi connectivity index (χ0) is 22.6. The van der Waals surface area contributed by atoms with E-state index in [0.29, 0.717) is 38.2 Å². The zero-order valence-electron chi connectivity index (χ0n) is 18.7. The molecule has 4 aromatic rings. The van der Waals surface area contributed by atoms with Gasteiger partial charge in [0.05, 0.1) is 12.5 Å². The van der Waals surface area contributed by atoms with Crippen LogP contribution in [0.3, 0.4) is 0 Å². The van der Waals surface area contributed by atoms with Gasteiger partial charge in [-0.3, -0.25) is 4.79 Å². The van der Waals surface area contributed by atoms with E-state index in [1.807, 2.05) is 53.4 Å². The number of rotatable bonds is 6. The predicted molar refractivity (Wildman–Crippen MR) is 127 cm³/mol. The molecule has 1 aliphatic rings. The summed E-state index contributed by atoms with van der Waals surface area (Å²) in [4.78, 5) is 26.3. The minimum Gasteiger partial charge on any atom is -0.351 e. The van der Waals surface area contributed by atoms with E-state index in [-0.39, 0.29) is 11.8 Å². The predicted octanol–water partition coefficient (Wildman–Crippen LogP) is 3.11. The molecule has 0 N–H and O–H groups in total. The van der Waals surface area contributed by atoms with Gasteiger partial charge in [-0.2, -0.15) is 0 Å². The van der Waals surface area contributed by atoms with Gasteiger partial charge in [-0.15, -0.1) is 5.10 Å². The Morgan fingerprint density at radius 2 is 1.64 bits per heavy atom. The lowest BCUT2D eigenvalue weighted by Crippen LogP contribution is -2.50. The lowest BCUT2D eigenvalue weighted by atomic mass is 9.95. The lowest BCUT2D eigenvalue weighted by molar-refractivity contribution is -0.133. The van der Waals surface area contributed by atoms with E-state index >= 15 is 0 Å². The number of nitrogens with zero attached hydrogens (tertiary/aromatic N) is 7. The molecule has 3 heterocycles. The molecule has 0 aliphatic carbocycles. The zero-order valence-corrected chi connectivity index (χ0v) is 18.7. The number of fused-ring (bicyclic) bond motifs is 1. The summed E-state index contributed by atoms with van der Waals surface area (Å²) >= 11 is 0. The molecule has 33 heavy (non-hydrogen) atoms. The van der Waals surface area contributed by atoms with E-state index < -0.39 is 0 Å². The first kappa shape index (κ1) is 21.1. The third-order valence-electron chi connectivity index (χ3n) is 6.26. The highest BCUT2D eigenvalue weighted by molar-refractivity contribution is 5.85. The van der Waals surface area contributed by atoms with Crippen molar-refractivity contribution in [2.24, 2.45) is 0 Å². The Bertz CT molecular complexity index is 1220. The van der Waals surface area contributed by atoms with Crippen LogP contribution in [0.25, 0.3) is 11.2 Å². The molecule has 1 atom stereocenters. The van der Waals surface area contributed by atoms with Crippen LogP contribution in [-0.2, 0) is 11.3 Å². The summed E-state index contributed by atoms with van der Waals surface area (Å²) in [5.74, 6) is 0.882. The van der Waals surface area contributed by atoms with E-state index in [0.717, 1.165) is 29.0 Å². The number of carbonyl (C=O) groups is 1. The van der Waals surface area contributed by atoms with Gasteiger partial charge in [0.25, 0.3) is 0 Å². The van der Waals surface area contributed by atoms with Crippen LogP contribution in [-0.4, -0.2) is 61.9 Å². The molecule has 0 unspecified atom stereocenters. The van der Waals surface area contributed by atoms with Gasteiger partial charge >= 0.3 is 0 Å². The fourth-order valence-corrected chi connectivity index (χ4v) is 4.47. The average Bonchev–Trinajstić information content (AvgIpc) is 3.29. The molecule has 0 spiro atoms. The third-order valence-corrected chi connectivity index (χ3v) is 6.26. The molecule has 0 saturated carbocycles. The average molecular weight is 442 g/mol. The quantitative estimate of drug-likeness (QED) is 0.457. The number of carbonyl (C=O) groups excluding carboxylic acids is 1. The largest absolute Gasteiger partial charge is 0.351 e. The van der Waals surface area contributed by atoms with Crippen molar-refractivity contribution in [1.29, 1.82) is 0 Å². The maximum atomic E-state index is 13.2. The molecule has 1 aliphatic heterocycles. The summed E-state index contributed by atoms with van der Waals surface area (Å²) < 4.78 is 1.81. The van der Waals surface area contributed by atoms with Gasteiger partial charge in [-0.25, -0.2) is 14.6 Å². The SMILES string of the molecule is CC[C@@H](C(=O)N1CCN(c2ncnc3c2nnn3Cc2ccccc2)CC1)c1ccccc1. The molecular formula is C25H27N7O. The maximum absolute atomic E-state index is 13.2. The molecule has 1 saturated heterocycles. The topological polar surface area (TPSA) is 80.0 Å². The third kappa shape index (κ3) is 4.28. The van der Waals surface area contributed by atoms with E-state index in [2.05, 4.69) is 44.2 Å². The van der Waals surface area contributed by atoms with Crippen molar-refractivity contribution >= 4 is 22.9 Å². The number of aromatic nitrogens is 5. The molecule has 2 aromatic carbocycles. The molecule has 8 heteroatoms. The smallest absolute Gasteiger partial charge is 0.230 e. The Morgan fingerprint density at radius 3 is 2.33 bits per heavy atom. The summed E-state index contributed by atoms with van der Waals surface area (Å²) in [6, 6.07) is 20.2. The Kier molecular flexibility index (Phi) is 5.97. The Balaban J connectivity index is 1.30. The van der Waals surface area contributed by atoms with Crippen LogP contribution in [0.15, 0.2) is 67.0 Å². The first-order valence-corrected chi connectivity index (χ1v) is 11.4. The Morgan fingerprint density at radius 1 is 0.939 bits per heavy atom. The van der Waals surface area contributed by atoms with E-state index in [1.165, 1.54) is 0 Å². The second kappa shape index (κ2) is 9.36. The summed E-state index contributed by atoms with van der Waals surface area (Å²) in [6.45, 7) is 5.40. The van der Waals surface area contributed by atoms with Gasteiger partial charge in [-0.1, -0.05) is 72.8 Å². The molecular weight excluding hydrogens is 414 g/mol. The first-order chi connectivity index (χ1) is 16.2. The number of hydrogen-bond donors (Lipinski definition) is 0. The highest BCUT2D eigenvalue weighted by Gasteiger charge is 2.29. The van der Waals surface area contributed by atoms with Crippen LogP contribution in [0.2, 0.25) is 0 Å². The molecule has 1 amide bonds. The van der Waals surface area contributed by atoms with Crippen molar-refractivity contribution in [3.8, 4) is 0 Å². The van der Waals surface area contributed by atoms with E-state index in [1.54, 1.807) is 11.0 Å². The number of amides is 1. The monoisotopic (exact) mass is 441 g/mol. The number of hydrogen-bond acceptors (Lipinski definition) is 6. The van der Waals surface area contributed by atoms with Gasteiger partial charge in [0.15, 0.2) is 17.0 Å². The fourth-order valence-electron chi connectivity index (χ4n) is 4.47. The minimum absolute atomic E-state index is 0.0959. The molecule has 5 rings (SSSR count). The second-order valence-corrected chi connectivity index (χ2v) is 8.29. The van der Waals surface area contributed by atoms with Crippen LogP contribution in [0.5, 0.6) is 0 Å². The highest BCUT2D eigenvalue weighted by Crippen LogP contribution is 2.25. The normalized spacial score (nSPS) is 15.1. The molecule has 1 fully saturated rings. The molecule has 2 aromatic heterocycles. The standard InChI is InChI=1S/C25H27N7O/c1-2-21(20-11-7-4-8-12-20)25(33)31-15-13-30(14-16-31)23-22-24(27-18-26-23)32(29-28-22)17-19-9-5-3-6-10-19/h3-12,18,21H,2,13-17H2,1H3/t21-/m1/s1. The van der Waals surface area contributed by atoms with Gasteiger partial charge < -0.3 is 9.80 Å². The highest BCUT2D eigenvalue weighted by atomic mass is 16.2.